The molecule has 1 rings (SSSR count). The molecule has 0 amide bonds. The third-order valence-electron chi connectivity index (χ3n) is 1.95. The smallest absolute Gasteiger partial charge is 0.269 e. The van der Waals surface area contributed by atoms with Crippen molar-refractivity contribution in [3.63, 3.8) is 0 Å². The monoisotopic (exact) mass is 218 g/mol. The van der Waals surface area contributed by atoms with Crippen LogP contribution in [0.25, 0.3) is 0 Å². The van der Waals surface area contributed by atoms with Crippen molar-refractivity contribution < 1.29 is 18.6 Å². The number of alkyl halides is 2. The summed E-state index contributed by atoms with van der Waals surface area (Å²) in [5, 5.41) is 8.86. The maximum atomic E-state index is 12.7. The summed E-state index contributed by atoms with van der Waals surface area (Å²) < 4.78 is 30.1. The van der Waals surface area contributed by atoms with Crippen molar-refractivity contribution in [2.75, 3.05) is 7.11 Å². The van der Waals surface area contributed by atoms with Crippen LogP contribution >= 0.6 is 0 Å². The Labute approximate surface area is 85.7 Å². The molecule has 0 saturated carbocycles. The highest BCUT2D eigenvalue weighted by Crippen LogP contribution is 2.31. The van der Waals surface area contributed by atoms with Crippen LogP contribution in [0.15, 0.2) is 6.07 Å². The van der Waals surface area contributed by atoms with Gasteiger partial charge in [0, 0.05) is 12.6 Å². The molecule has 0 radical (unpaired) electrons. The highest BCUT2D eigenvalue weighted by molar-refractivity contribution is 5.39. The summed E-state index contributed by atoms with van der Waals surface area (Å²) >= 11 is 0. The van der Waals surface area contributed by atoms with Gasteiger partial charge < -0.3 is 15.6 Å². The number of hydrogen-bond donors (Lipinski definition) is 2. The van der Waals surface area contributed by atoms with Crippen LogP contribution in [0, 0.1) is 0 Å². The van der Waals surface area contributed by atoms with Gasteiger partial charge in [-0.3, -0.25) is 4.98 Å². The number of hydrogen-bond acceptors (Lipinski definition) is 4. The van der Waals surface area contributed by atoms with Gasteiger partial charge in [-0.1, -0.05) is 0 Å². The zero-order valence-electron chi connectivity index (χ0n) is 8.20. The van der Waals surface area contributed by atoms with E-state index in [1.165, 1.54) is 13.2 Å². The quantitative estimate of drug-likeness (QED) is 0.790. The summed E-state index contributed by atoms with van der Waals surface area (Å²) in [5.41, 5.74) is 5.30. The fourth-order valence-corrected chi connectivity index (χ4v) is 1.28. The lowest BCUT2D eigenvalue weighted by atomic mass is 10.1. The van der Waals surface area contributed by atoms with E-state index >= 15 is 0 Å². The predicted molar refractivity (Wildman–Crippen MR) is 49.6 cm³/mol. The predicted octanol–water partition coefficient (Wildman–Crippen LogP) is 0.979. The lowest BCUT2D eigenvalue weighted by Crippen LogP contribution is -2.09. The molecular weight excluding hydrogens is 206 g/mol. The number of aliphatic hydroxyl groups excluding tert-OH is 1. The number of aliphatic hydroxyl groups is 1. The van der Waals surface area contributed by atoms with Crippen LogP contribution in [-0.4, -0.2) is 17.2 Å². The van der Waals surface area contributed by atoms with Crippen molar-refractivity contribution in [1.29, 1.82) is 0 Å². The lowest BCUT2D eigenvalue weighted by Gasteiger charge is -2.12. The number of ether oxygens (including phenoxy) is 1. The molecule has 6 heteroatoms. The normalized spacial score (nSPS) is 10.8. The first-order chi connectivity index (χ1) is 7.13. The van der Waals surface area contributed by atoms with E-state index in [1.54, 1.807) is 0 Å². The van der Waals surface area contributed by atoms with Gasteiger partial charge in [0.2, 0.25) is 0 Å². The first kappa shape index (κ1) is 11.8. The van der Waals surface area contributed by atoms with E-state index < -0.39 is 6.43 Å². The number of nitrogens with two attached hydrogens (primary N) is 1. The van der Waals surface area contributed by atoms with Crippen LogP contribution in [0.2, 0.25) is 0 Å². The summed E-state index contributed by atoms with van der Waals surface area (Å²) in [5.74, 6) is 0.00417. The summed E-state index contributed by atoms with van der Waals surface area (Å²) in [6, 6.07) is 1.28. The molecule has 0 aliphatic heterocycles. The molecule has 0 bridgehead atoms. The van der Waals surface area contributed by atoms with Gasteiger partial charge >= 0.3 is 0 Å². The van der Waals surface area contributed by atoms with Crippen molar-refractivity contribution >= 4 is 0 Å². The van der Waals surface area contributed by atoms with Crippen LogP contribution in [0.5, 0.6) is 5.75 Å². The fraction of sp³-hybridized carbons (Fsp3) is 0.444. The Morgan fingerprint density at radius 2 is 2.27 bits per heavy atom. The van der Waals surface area contributed by atoms with Gasteiger partial charge in [0.25, 0.3) is 6.43 Å². The van der Waals surface area contributed by atoms with Gasteiger partial charge in [-0.25, -0.2) is 8.78 Å². The maximum Gasteiger partial charge on any atom is 0.269 e. The molecular formula is C9H12F2N2O2. The van der Waals surface area contributed by atoms with E-state index in [4.69, 9.17) is 15.6 Å². The third kappa shape index (κ3) is 2.40. The van der Waals surface area contributed by atoms with Crippen LogP contribution in [0.3, 0.4) is 0 Å². The average Bonchev–Trinajstić information content (AvgIpc) is 2.26. The molecule has 1 aromatic rings. The standard InChI is InChI=1S/C9H12F2N2O2/c1-15-7-2-5(4-14)13-6(3-12)8(7)9(10)11/h2,9,14H,3-4,12H2,1H3. The van der Waals surface area contributed by atoms with Crippen molar-refractivity contribution in [3.8, 4) is 5.75 Å². The van der Waals surface area contributed by atoms with Crippen LogP contribution in [0.1, 0.15) is 23.4 Å². The van der Waals surface area contributed by atoms with Gasteiger partial charge in [0.05, 0.1) is 30.7 Å². The minimum Gasteiger partial charge on any atom is -0.496 e. The Kier molecular flexibility index (Phi) is 3.93. The Morgan fingerprint density at radius 1 is 1.60 bits per heavy atom. The zero-order valence-corrected chi connectivity index (χ0v) is 8.20. The first-order valence-electron chi connectivity index (χ1n) is 4.29. The molecule has 0 aromatic carbocycles. The first-order valence-corrected chi connectivity index (χ1v) is 4.29. The van der Waals surface area contributed by atoms with Gasteiger partial charge in [0.1, 0.15) is 5.75 Å². The van der Waals surface area contributed by atoms with E-state index in [2.05, 4.69) is 4.98 Å². The molecule has 0 aliphatic rings. The zero-order chi connectivity index (χ0) is 11.4. The molecule has 0 fully saturated rings. The molecule has 0 aliphatic carbocycles. The minimum atomic E-state index is -2.70. The van der Waals surface area contributed by atoms with E-state index in [-0.39, 0.29) is 35.9 Å². The molecule has 4 nitrogen and oxygen atoms in total. The van der Waals surface area contributed by atoms with Crippen LogP contribution < -0.4 is 10.5 Å². The Bertz CT molecular complexity index is 320. The molecule has 0 saturated heterocycles. The highest BCUT2D eigenvalue weighted by atomic mass is 19.3. The van der Waals surface area contributed by atoms with Crippen molar-refractivity contribution in [2.24, 2.45) is 5.73 Å². The second-order valence-corrected chi connectivity index (χ2v) is 2.84. The molecule has 0 unspecified atom stereocenters. The second kappa shape index (κ2) is 4.99. The lowest BCUT2D eigenvalue weighted by molar-refractivity contribution is 0.145. The van der Waals surface area contributed by atoms with Crippen molar-refractivity contribution in [3.05, 3.63) is 23.0 Å². The van der Waals surface area contributed by atoms with E-state index in [9.17, 15) is 8.78 Å². The van der Waals surface area contributed by atoms with Gasteiger partial charge in [0.15, 0.2) is 0 Å². The molecule has 0 spiro atoms. The average molecular weight is 218 g/mol. The SMILES string of the molecule is COc1cc(CO)nc(CN)c1C(F)F. The number of methoxy groups -OCH3 is 1. The number of nitrogens with zero attached hydrogens (tertiary/aromatic N) is 1. The summed E-state index contributed by atoms with van der Waals surface area (Å²) in [4.78, 5) is 3.80. The number of halogens is 2. The minimum absolute atomic E-state index is 0.00417. The van der Waals surface area contributed by atoms with Gasteiger partial charge in [-0.05, 0) is 0 Å². The van der Waals surface area contributed by atoms with Crippen molar-refractivity contribution in [1.82, 2.24) is 4.98 Å². The third-order valence-corrected chi connectivity index (χ3v) is 1.95. The number of rotatable bonds is 4. The molecule has 0 atom stereocenters. The van der Waals surface area contributed by atoms with E-state index in [0.717, 1.165) is 0 Å². The Hall–Kier alpha value is -1.27. The molecule has 3 N–H and O–H groups in total. The second-order valence-electron chi connectivity index (χ2n) is 2.84. The van der Waals surface area contributed by atoms with E-state index in [0.29, 0.717) is 0 Å². The van der Waals surface area contributed by atoms with Gasteiger partial charge in [-0.2, -0.15) is 0 Å². The molecule has 84 valence electrons. The Balaban J connectivity index is 3.32. The summed E-state index contributed by atoms with van der Waals surface area (Å²) in [7, 11) is 1.28. The largest absolute Gasteiger partial charge is 0.496 e. The molecule has 1 heterocycles. The summed E-state index contributed by atoms with van der Waals surface area (Å²) in [6.07, 6.45) is -2.70. The molecule has 1 aromatic heterocycles. The van der Waals surface area contributed by atoms with Crippen molar-refractivity contribution in [2.45, 2.75) is 19.6 Å². The number of aromatic nitrogens is 1. The summed E-state index contributed by atoms with van der Waals surface area (Å²) in [6.45, 7) is -0.462. The van der Waals surface area contributed by atoms with Crippen LogP contribution in [-0.2, 0) is 13.2 Å². The number of pyridine rings is 1. The van der Waals surface area contributed by atoms with Gasteiger partial charge in [-0.15, -0.1) is 0 Å². The van der Waals surface area contributed by atoms with E-state index in [1.807, 2.05) is 0 Å². The molecule has 15 heavy (non-hydrogen) atoms. The topological polar surface area (TPSA) is 68.4 Å². The fourth-order valence-electron chi connectivity index (χ4n) is 1.28. The Morgan fingerprint density at radius 3 is 2.67 bits per heavy atom. The maximum absolute atomic E-state index is 12.7. The van der Waals surface area contributed by atoms with Crippen LogP contribution in [0.4, 0.5) is 8.78 Å². The highest BCUT2D eigenvalue weighted by Gasteiger charge is 2.20.